The summed E-state index contributed by atoms with van der Waals surface area (Å²) in [6.07, 6.45) is -0.933. The monoisotopic (exact) mass is 468 g/mol. The van der Waals surface area contributed by atoms with Gasteiger partial charge in [0.25, 0.3) is 0 Å². The zero-order chi connectivity index (χ0) is 23.1. The van der Waals surface area contributed by atoms with Gasteiger partial charge in [-0.3, -0.25) is 5.43 Å². The van der Waals surface area contributed by atoms with Gasteiger partial charge in [-0.2, -0.15) is 18.3 Å². The van der Waals surface area contributed by atoms with E-state index in [-0.39, 0.29) is 29.6 Å². The maximum atomic E-state index is 14.7. The summed E-state index contributed by atoms with van der Waals surface area (Å²) in [7, 11) is 0. The van der Waals surface area contributed by atoms with Crippen LogP contribution in [0.4, 0.5) is 34.6 Å². The fourth-order valence-electron chi connectivity index (χ4n) is 3.49. The van der Waals surface area contributed by atoms with Crippen LogP contribution in [0.25, 0.3) is 0 Å². The Labute approximate surface area is 188 Å². The first-order valence-electron chi connectivity index (χ1n) is 10.1. The SMILES string of the molecule is NC(=S)N/N=C/c1cc(F)c(NCCNc2ccccc2C(F)(F)F)cc1N1CCCC1. The molecule has 0 aromatic heterocycles. The lowest BCUT2D eigenvalue weighted by atomic mass is 10.1. The summed E-state index contributed by atoms with van der Waals surface area (Å²) in [4.78, 5) is 2.13. The summed E-state index contributed by atoms with van der Waals surface area (Å²) >= 11 is 4.71. The summed E-state index contributed by atoms with van der Waals surface area (Å²) in [6.45, 7) is 2.07. The number of hydrogen-bond donors (Lipinski definition) is 4. The van der Waals surface area contributed by atoms with Crippen LogP contribution in [0.1, 0.15) is 24.0 Å². The molecule has 0 unspecified atom stereocenters. The van der Waals surface area contributed by atoms with Crippen LogP contribution in [0.2, 0.25) is 0 Å². The van der Waals surface area contributed by atoms with E-state index in [9.17, 15) is 17.6 Å². The minimum absolute atomic E-state index is 0.00216. The molecule has 0 spiro atoms. The highest BCUT2D eigenvalue weighted by Crippen LogP contribution is 2.34. The van der Waals surface area contributed by atoms with E-state index in [1.54, 1.807) is 6.07 Å². The number of nitrogens with zero attached hydrogens (tertiary/aromatic N) is 2. The van der Waals surface area contributed by atoms with Crippen LogP contribution in [0, 0.1) is 5.82 Å². The van der Waals surface area contributed by atoms with Crippen molar-refractivity contribution in [2.75, 3.05) is 41.7 Å². The second-order valence-electron chi connectivity index (χ2n) is 7.22. The first-order chi connectivity index (χ1) is 15.3. The van der Waals surface area contributed by atoms with Crippen LogP contribution in [0.5, 0.6) is 0 Å². The Morgan fingerprint density at radius 1 is 1.09 bits per heavy atom. The number of alkyl halides is 3. The molecule has 1 aliphatic heterocycles. The first-order valence-corrected chi connectivity index (χ1v) is 10.5. The molecule has 11 heteroatoms. The quantitative estimate of drug-likeness (QED) is 0.153. The minimum atomic E-state index is -4.45. The number of hydrazone groups is 1. The summed E-state index contributed by atoms with van der Waals surface area (Å²) < 4.78 is 54.0. The van der Waals surface area contributed by atoms with Gasteiger partial charge in [0, 0.05) is 43.1 Å². The molecule has 0 amide bonds. The average molecular weight is 469 g/mol. The number of para-hydroxylation sites is 1. The normalized spacial score (nSPS) is 14.1. The van der Waals surface area contributed by atoms with E-state index in [0.717, 1.165) is 37.7 Å². The maximum Gasteiger partial charge on any atom is 0.418 e. The molecule has 1 saturated heterocycles. The van der Waals surface area contributed by atoms with Gasteiger partial charge >= 0.3 is 6.18 Å². The molecule has 0 radical (unpaired) electrons. The van der Waals surface area contributed by atoms with Gasteiger partial charge in [-0.15, -0.1) is 0 Å². The molecule has 6 nitrogen and oxygen atoms in total. The Kier molecular flexibility index (Phi) is 7.73. The summed E-state index contributed by atoms with van der Waals surface area (Å²) in [5.41, 5.74) is 8.68. The third-order valence-corrected chi connectivity index (χ3v) is 5.02. The van der Waals surface area contributed by atoms with Gasteiger partial charge in [0.2, 0.25) is 0 Å². The molecular weight excluding hydrogens is 444 g/mol. The lowest BCUT2D eigenvalue weighted by Crippen LogP contribution is -2.24. The Morgan fingerprint density at radius 2 is 1.75 bits per heavy atom. The fourth-order valence-corrected chi connectivity index (χ4v) is 3.54. The first kappa shape index (κ1) is 23.6. The fraction of sp³-hybridized carbons (Fsp3) is 0.333. The number of rotatable bonds is 8. The number of benzene rings is 2. The van der Waals surface area contributed by atoms with Crippen molar-refractivity contribution in [3.63, 3.8) is 0 Å². The highest BCUT2D eigenvalue weighted by Gasteiger charge is 2.33. The highest BCUT2D eigenvalue weighted by atomic mass is 32.1. The Hall–Kier alpha value is -3.08. The summed E-state index contributed by atoms with van der Waals surface area (Å²) in [5.74, 6) is -0.500. The second-order valence-corrected chi connectivity index (χ2v) is 7.66. The van der Waals surface area contributed by atoms with E-state index in [2.05, 4.69) is 26.1 Å². The van der Waals surface area contributed by atoms with Crippen molar-refractivity contribution in [3.05, 3.63) is 53.3 Å². The van der Waals surface area contributed by atoms with Crippen molar-refractivity contribution >= 4 is 40.6 Å². The zero-order valence-electron chi connectivity index (χ0n) is 17.2. The van der Waals surface area contributed by atoms with Crippen molar-refractivity contribution < 1.29 is 17.6 Å². The molecule has 1 heterocycles. The number of thiocarbonyl (C=S) groups is 1. The summed E-state index contributed by atoms with van der Waals surface area (Å²) in [6, 6.07) is 8.29. The molecule has 1 fully saturated rings. The van der Waals surface area contributed by atoms with Crippen molar-refractivity contribution in [3.8, 4) is 0 Å². The van der Waals surface area contributed by atoms with Crippen LogP contribution >= 0.6 is 12.2 Å². The van der Waals surface area contributed by atoms with Gasteiger partial charge in [0.15, 0.2) is 5.11 Å². The lowest BCUT2D eigenvalue weighted by Gasteiger charge is -2.22. The van der Waals surface area contributed by atoms with Crippen LogP contribution in [-0.2, 0) is 6.18 Å². The van der Waals surface area contributed by atoms with Gasteiger partial charge in [-0.05, 0) is 49.3 Å². The van der Waals surface area contributed by atoms with Gasteiger partial charge in [0.05, 0.1) is 17.5 Å². The topological polar surface area (TPSA) is 77.7 Å². The minimum Gasteiger partial charge on any atom is -0.383 e. The van der Waals surface area contributed by atoms with Gasteiger partial charge < -0.3 is 21.3 Å². The lowest BCUT2D eigenvalue weighted by molar-refractivity contribution is -0.136. The van der Waals surface area contributed by atoms with Crippen LogP contribution < -0.4 is 26.7 Å². The third-order valence-electron chi connectivity index (χ3n) is 4.93. The largest absolute Gasteiger partial charge is 0.418 e. The molecule has 3 rings (SSSR count). The van der Waals surface area contributed by atoms with E-state index < -0.39 is 17.6 Å². The molecule has 0 atom stereocenters. The van der Waals surface area contributed by atoms with E-state index in [1.165, 1.54) is 30.5 Å². The predicted molar refractivity (Wildman–Crippen MR) is 124 cm³/mol. The highest BCUT2D eigenvalue weighted by molar-refractivity contribution is 7.80. The Bertz CT molecular complexity index is 973. The molecular formula is C21H24F4N6S. The van der Waals surface area contributed by atoms with Crippen molar-refractivity contribution in [1.82, 2.24) is 5.43 Å². The van der Waals surface area contributed by atoms with Gasteiger partial charge in [0.1, 0.15) is 5.82 Å². The molecule has 1 aliphatic rings. The smallest absolute Gasteiger partial charge is 0.383 e. The molecule has 0 saturated carbocycles. The van der Waals surface area contributed by atoms with E-state index in [1.807, 2.05) is 0 Å². The molecule has 0 aliphatic carbocycles. The number of halogens is 4. The summed E-state index contributed by atoms with van der Waals surface area (Å²) in [5, 5.41) is 9.65. The molecule has 5 N–H and O–H groups in total. The van der Waals surface area contributed by atoms with Crippen molar-refractivity contribution in [2.24, 2.45) is 10.8 Å². The van der Waals surface area contributed by atoms with Crippen molar-refractivity contribution in [2.45, 2.75) is 19.0 Å². The number of anilines is 3. The average Bonchev–Trinajstić information content (AvgIpc) is 3.26. The maximum absolute atomic E-state index is 14.7. The molecule has 172 valence electrons. The molecule has 2 aromatic rings. The zero-order valence-corrected chi connectivity index (χ0v) is 18.0. The molecule has 0 bridgehead atoms. The predicted octanol–water partition coefficient (Wildman–Crippen LogP) is 4.14. The van der Waals surface area contributed by atoms with E-state index in [0.29, 0.717) is 5.56 Å². The Morgan fingerprint density at radius 3 is 2.41 bits per heavy atom. The van der Waals surface area contributed by atoms with E-state index >= 15 is 0 Å². The van der Waals surface area contributed by atoms with Crippen LogP contribution in [0.15, 0.2) is 41.5 Å². The van der Waals surface area contributed by atoms with Gasteiger partial charge in [-0.1, -0.05) is 12.1 Å². The van der Waals surface area contributed by atoms with Crippen LogP contribution in [-0.4, -0.2) is 37.5 Å². The Balaban J connectivity index is 1.70. The van der Waals surface area contributed by atoms with Crippen molar-refractivity contribution in [1.29, 1.82) is 0 Å². The number of nitrogens with one attached hydrogen (secondary N) is 3. The molecule has 32 heavy (non-hydrogen) atoms. The van der Waals surface area contributed by atoms with E-state index in [4.69, 9.17) is 18.0 Å². The van der Waals surface area contributed by atoms with Crippen LogP contribution in [0.3, 0.4) is 0 Å². The van der Waals surface area contributed by atoms with Gasteiger partial charge in [-0.25, -0.2) is 4.39 Å². The second kappa shape index (κ2) is 10.5. The number of hydrogen-bond acceptors (Lipinski definition) is 5. The molecule has 2 aromatic carbocycles. The third kappa shape index (κ3) is 6.22. The number of nitrogens with two attached hydrogens (primary N) is 1. The standard InChI is InChI=1S/C21H24F4N6S/c22-16-11-14(13-29-30-20(26)32)19(31-9-3-4-10-31)12-18(16)28-8-7-27-17-6-2-1-5-15(17)21(23,24)25/h1-2,5-6,11-13,27-28H,3-4,7-10H2,(H3,26,30,32)/b29-13+.